The fourth-order valence-electron chi connectivity index (χ4n) is 2.82. The van der Waals surface area contributed by atoms with E-state index in [-0.39, 0.29) is 0 Å². The zero-order chi connectivity index (χ0) is 22.1. The van der Waals surface area contributed by atoms with Crippen molar-refractivity contribution in [3.63, 3.8) is 0 Å². The van der Waals surface area contributed by atoms with Gasteiger partial charge in [-0.25, -0.2) is 0 Å². The maximum atomic E-state index is 11.1. The maximum Gasteiger partial charge on any atom is 0.317 e. The van der Waals surface area contributed by atoms with Gasteiger partial charge in [-0.2, -0.15) is 0 Å². The van der Waals surface area contributed by atoms with E-state index < -0.39 is 87.5 Å². The van der Waals surface area contributed by atoms with Crippen molar-refractivity contribution in [2.45, 2.75) is 17.6 Å². The van der Waals surface area contributed by atoms with Crippen molar-refractivity contribution in [2.24, 2.45) is 5.73 Å². The molecule has 0 aliphatic heterocycles. The second-order valence-electron chi connectivity index (χ2n) is 6.03. The van der Waals surface area contributed by atoms with Gasteiger partial charge >= 0.3 is 23.9 Å². The molecular weight excluding hydrogens is 386 g/mol. The summed E-state index contributed by atoms with van der Waals surface area (Å²) < 4.78 is 0. The zero-order valence-corrected chi connectivity index (χ0v) is 14.8. The molecule has 14 nitrogen and oxygen atoms in total. The van der Waals surface area contributed by atoms with Gasteiger partial charge in [0.15, 0.2) is 0 Å². The van der Waals surface area contributed by atoms with Crippen LogP contribution in [-0.2, 0) is 19.2 Å². The Morgan fingerprint density at radius 3 is 1.36 bits per heavy atom. The third-order valence-electron chi connectivity index (χ3n) is 4.20. The van der Waals surface area contributed by atoms with Crippen LogP contribution in [0.1, 0.15) is 0 Å². The summed E-state index contributed by atoms with van der Waals surface area (Å²) in [7, 11) is 0. The van der Waals surface area contributed by atoms with Gasteiger partial charge in [0.1, 0.15) is 0 Å². The number of hydrogen-bond donors (Lipinski definition) is 8. The topological polar surface area (TPSA) is 242 Å². The van der Waals surface area contributed by atoms with Crippen LogP contribution in [0.3, 0.4) is 0 Å². The molecule has 0 aromatic carbocycles. The van der Waals surface area contributed by atoms with Gasteiger partial charge in [-0.3, -0.25) is 29.0 Å². The van der Waals surface area contributed by atoms with E-state index in [1.165, 1.54) is 0 Å². The van der Waals surface area contributed by atoms with Crippen LogP contribution in [0.15, 0.2) is 0 Å². The average molecular weight is 411 g/mol. The lowest BCUT2D eigenvalue weighted by molar-refractivity contribution is -0.149. The Kier molecular flexibility index (Phi) is 10.5. The zero-order valence-electron chi connectivity index (χ0n) is 14.8. The van der Waals surface area contributed by atoms with E-state index in [2.05, 4.69) is 0 Å². The predicted octanol–water partition coefficient (Wildman–Crippen LogP) is -4.66. The van der Waals surface area contributed by atoms with Gasteiger partial charge in [-0.15, -0.1) is 0 Å². The Labute approximate surface area is 159 Å². The van der Waals surface area contributed by atoms with Crippen LogP contribution in [0.5, 0.6) is 0 Å². The molecule has 0 aliphatic rings. The molecule has 0 rings (SSSR count). The van der Waals surface area contributed by atoms with Crippen molar-refractivity contribution in [3.05, 3.63) is 0 Å². The van der Waals surface area contributed by atoms with Crippen molar-refractivity contribution in [3.8, 4) is 0 Å². The molecule has 162 valence electrons. The quantitative estimate of drug-likeness (QED) is 0.126. The summed E-state index contributed by atoms with van der Waals surface area (Å²) in [5.74, 6) is -5.93. The molecule has 28 heavy (non-hydrogen) atoms. The first-order valence-electron chi connectivity index (χ1n) is 7.89. The first-order chi connectivity index (χ1) is 12.9. The highest BCUT2D eigenvalue weighted by Crippen LogP contribution is 2.23. The van der Waals surface area contributed by atoms with Gasteiger partial charge in [0.2, 0.25) is 0 Å². The molecule has 0 bridgehead atoms. The third-order valence-corrected chi connectivity index (χ3v) is 4.20. The Bertz CT molecular complexity index is 535. The van der Waals surface area contributed by atoms with Crippen LogP contribution >= 0.6 is 0 Å². The summed E-state index contributed by atoms with van der Waals surface area (Å²) in [6.07, 6.45) is 0. The lowest BCUT2D eigenvalue weighted by Gasteiger charge is -2.48. The molecule has 9 N–H and O–H groups in total. The van der Waals surface area contributed by atoms with Gasteiger partial charge in [-0.05, 0) is 0 Å². The standard InChI is InChI=1S/C14H25N3O11/c15-13(8(5-18)16(1-9(21)22)2-10(23)24)14(6-19,7-20)17(3-11(25)26)4-12(27)28/h8,13,18-20H,1-7,15H2,(H,21,22)(H,23,24)(H,25,26)(H,27,28). The molecule has 0 heterocycles. The molecule has 0 aromatic rings. The molecule has 0 radical (unpaired) electrons. The highest BCUT2D eigenvalue weighted by molar-refractivity contribution is 5.73. The largest absolute Gasteiger partial charge is 0.480 e. The van der Waals surface area contributed by atoms with E-state index >= 15 is 0 Å². The molecule has 0 fully saturated rings. The van der Waals surface area contributed by atoms with Crippen molar-refractivity contribution in [1.29, 1.82) is 0 Å². The van der Waals surface area contributed by atoms with Crippen LogP contribution in [0.25, 0.3) is 0 Å². The number of carbonyl (C=O) groups is 4. The van der Waals surface area contributed by atoms with E-state index in [1.54, 1.807) is 0 Å². The smallest absolute Gasteiger partial charge is 0.317 e. The fourth-order valence-corrected chi connectivity index (χ4v) is 2.82. The molecule has 0 amide bonds. The van der Waals surface area contributed by atoms with Crippen LogP contribution in [0, 0.1) is 0 Å². The SMILES string of the molecule is NC(C(CO)N(CC(=O)O)CC(=O)O)C(CO)(CO)N(CC(=O)O)CC(=O)O. The molecule has 2 atom stereocenters. The Morgan fingerprint density at radius 1 is 0.750 bits per heavy atom. The minimum absolute atomic E-state index is 0.657. The molecule has 0 aliphatic carbocycles. The van der Waals surface area contributed by atoms with E-state index in [9.17, 15) is 34.5 Å². The Hall–Kier alpha value is -2.36. The number of carboxylic acids is 4. The first kappa shape index (κ1) is 25.6. The predicted molar refractivity (Wildman–Crippen MR) is 89.4 cm³/mol. The van der Waals surface area contributed by atoms with Gasteiger partial charge in [0, 0.05) is 6.04 Å². The number of aliphatic carboxylic acids is 4. The molecule has 14 heteroatoms. The second kappa shape index (κ2) is 11.5. The summed E-state index contributed by atoms with van der Waals surface area (Å²) in [5, 5.41) is 65.3. The van der Waals surface area contributed by atoms with Gasteiger partial charge < -0.3 is 41.5 Å². The van der Waals surface area contributed by atoms with Crippen molar-refractivity contribution >= 4 is 23.9 Å². The summed E-state index contributed by atoms with van der Waals surface area (Å²) in [6.45, 7) is -6.72. The van der Waals surface area contributed by atoms with Crippen molar-refractivity contribution < 1.29 is 54.9 Å². The molecule has 0 saturated heterocycles. The summed E-state index contributed by atoms with van der Waals surface area (Å²) in [4.78, 5) is 45.7. The number of nitrogens with two attached hydrogens (primary N) is 1. The highest BCUT2D eigenvalue weighted by atomic mass is 16.4. The normalized spacial score (nSPS) is 14.1. The monoisotopic (exact) mass is 411 g/mol. The lowest BCUT2D eigenvalue weighted by atomic mass is 9.84. The summed E-state index contributed by atoms with van der Waals surface area (Å²) in [5.41, 5.74) is 3.87. The second-order valence-corrected chi connectivity index (χ2v) is 6.03. The first-order valence-corrected chi connectivity index (χ1v) is 7.89. The number of aliphatic hydroxyl groups is 3. The average Bonchev–Trinajstić information content (AvgIpc) is 2.54. The van der Waals surface area contributed by atoms with Gasteiger partial charge in [0.25, 0.3) is 0 Å². The summed E-state index contributed by atoms with van der Waals surface area (Å²) >= 11 is 0. The molecule has 2 unspecified atom stereocenters. The number of hydrogen-bond acceptors (Lipinski definition) is 10. The van der Waals surface area contributed by atoms with Crippen molar-refractivity contribution in [2.75, 3.05) is 46.0 Å². The van der Waals surface area contributed by atoms with E-state index in [0.717, 1.165) is 4.90 Å². The number of carboxylic acid groups (broad SMARTS) is 4. The molecule has 0 spiro atoms. The van der Waals surface area contributed by atoms with Crippen LogP contribution in [0.4, 0.5) is 0 Å². The van der Waals surface area contributed by atoms with Crippen LogP contribution in [-0.4, -0.2) is 133 Å². The Balaban J connectivity index is 6.14. The van der Waals surface area contributed by atoms with E-state index in [4.69, 9.17) is 26.2 Å². The van der Waals surface area contributed by atoms with Crippen LogP contribution < -0.4 is 5.73 Å². The fraction of sp³-hybridized carbons (Fsp3) is 0.714. The number of rotatable bonds is 15. The number of nitrogens with zero attached hydrogens (tertiary/aromatic N) is 2. The van der Waals surface area contributed by atoms with E-state index in [0.29, 0.717) is 4.90 Å². The molecule has 0 saturated carbocycles. The van der Waals surface area contributed by atoms with Gasteiger partial charge in [-0.1, -0.05) is 0 Å². The Morgan fingerprint density at radius 2 is 1.11 bits per heavy atom. The minimum atomic E-state index is -2.13. The molecule has 0 aromatic heterocycles. The van der Waals surface area contributed by atoms with E-state index in [1.807, 2.05) is 0 Å². The van der Waals surface area contributed by atoms with Gasteiger partial charge in [0.05, 0.1) is 57.6 Å². The maximum absolute atomic E-state index is 11.1. The van der Waals surface area contributed by atoms with Crippen molar-refractivity contribution in [1.82, 2.24) is 9.80 Å². The highest BCUT2D eigenvalue weighted by Gasteiger charge is 2.48. The van der Waals surface area contributed by atoms with Crippen LogP contribution in [0.2, 0.25) is 0 Å². The summed E-state index contributed by atoms with van der Waals surface area (Å²) in [6, 6.07) is -3.11. The number of aliphatic hydroxyl groups excluding tert-OH is 3. The minimum Gasteiger partial charge on any atom is -0.480 e. The third kappa shape index (κ3) is 6.99. The molecular formula is C14H25N3O11. The lowest BCUT2D eigenvalue weighted by Crippen LogP contribution is -2.72.